The van der Waals surface area contributed by atoms with E-state index in [9.17, 15) is 0 Å². The van der Waals surface area contributed by atoms with E-state index in [1.807, 2.05) is 42.5 Å². The molecule has 104 valence electrons. The molecule has 0 aliphatic rings. The Morgan fingerprint density at radius 2 is 1.86 bits per heavy atom. The molecule has 2 N–H and O–H groups in total. The normalized spacial score (nSPS) is 11.1. The van der Waals surface area contributed by atoms with Gasteiger partial charge in [-0.05, 0) is 51.8 Å². The first-order chi connectivity index (χ1) is 10.2. The van der Waals surface area contributed by atoms with Crippen molar-refractivity contribution in [2.75, 3.05) is 5.73 Å². The summed E-state index contributed by atoms with van der Waals surface area (Å²) < 4.78 is 6.07. The molecule has 1 aromatic carbocycles. The molecule has 0 spiro atoms. The SMILES string of the molecule is Nc1ccc(/C=C/c2nc(-c3ccc(Br)cn3)no2)cc1. The van der Waals surface area contributed by atoms with Crippen LogP contribution in [-0.2, 0) is 0 Å². The maximum atomic E-state index is 5.64. The summed E-state index contributed by atoms with van der Waals surface area (Å²) in [5.74, 6) is 0.881. The molecule has 0 radical (unpaired) electrons. The first-order valence-electron chi connectivity index (χ1n) is 6.20. The van der Waals surface area contributed by atoms with Gasteiger partial charge in [0.2, 0.25) is 5.82 Å². The molecule has 0 saturated heterocycles. The number of halogens is 1. The molecule has 0 unspecified atom stereocenters. The van der Waals surface area contributed by atoms with Crippen LogP contribution in [0.5, 0.6) is 0 Å². The van der Waals surface area contributed by atoms with Gasteiger partial charge in [0.05, 0.1) is 0 Å². The van der Waals surface area contributed by atoms with E-state index in [0.717, 1.165) is 15.7 Å². The lowest BCUT2D eigenvalue weighted by atomic mass is 10.2. The van der Waals surface area contributed by atoms with Crippen LogP contribution in [0.1, 0.15) is 11.5 Å². The number of pyridine rings is 1. The Labute approximate surface area is 129 Å². The van der Waals surface area contributed by atoms with Crippen LogP contribution in [0.4, 0.5) is 5.69 Å². The van der Waals surface area contributed by atoms with E-state index < -0.39 is 0 Å². The summed E-state index contributed by atoms with van der Waals surface area (Å²) in [5.41, 5.74) is 8.03. The number of nitrogens with two attached hydrogens (primary N) is 1. The number of anilines is 1. The maximum Gasteiger partial charge on any atom is 0.251 e. The highest BCUT2D eigenvalue weighted by Crippen LogP contribution is 2.17. The standard InChI is InChI=1S/C15H11BrN4O/c16-11-4-7-13(18-9-11)15-19-14(21-20-15)8-3-10-1-5-12(17)6-2-10/h1-9H,17H2/b8-3+. The van der Waals surface area contributed by atoms with Gasteiger partial charge in [0, 0.05) is 22.4 Å². The van der Waals surface area contributed by atoms with Gasteiger partial charge >= 0.3 is 0 Å². The van der Waals surface area contributed by atoms with Crippen LogP contribution in [0.25, 0.3) is 23.7 Å². The van der Waals surface area contributed by atoms with Crippen molar-refractivity contribution in [3.8, 4) is 11.5 Å². The molecular formula is C15H11BrN4O. The molecule has 3 aromatic rings. The van der Waals surface area contributed by atoms with Crippen LogP contribution in [0.2, 0.25) is 0 Å². The quantitative estimate of drug-likeness (QED) is 0.735. The molecule has 21 heavy (non-hydrogen) atoms. The molecule has 2 heterocycles. The average Bonchev–Trinajstić information content (AvgIpc) is 2.96. The molecule has 0 amide bonds. The van der Waals surface area contributed by atoms with Gasteiger partial charge in [-0.25, -0.2) is 0 Å². The van der Waals surface area contributed by atoms with Crippen molar-refractivity contribution in [3.05, 3.63) is 58.5 Å². The highest BCUT2D eigenvalue weighted by Gasteiger charge is 2.07. The smallest absolute Gasteiger partial charge is 0.251 e. The van der Waals surface area contributed by atoms with E-state index >= 15 is 0 Å². The molecule has 6 heteroatoms. The first-order valence-corrected chi connectivity index (χ1v) is 6.99. The Morgan fingerprint density at radius 1 is 1.05 bits per heavy atom. The predicted molar refractivity (Wildman–Crippen MR) is 85.0 cm³/mol. The van der Waals surface area contributed by atoms with Crippen LogP contribution in [0, 0.1) is 0 Å². The van der Waals surface area contributed by atoms with E-state index in [1.165, 1.54) is 0 Å². The second-order valence-corrected chi connectivity index (χ2v) is 5.23. The van der Waals surface area contributed by atoms with Crippen LogP contribution in [0.15, 0.2) is 51.6 Å². The van der Waals surface area contributed by atoms with Crippen LogP contribution in [0.3, 0.4) is 0 Å². The molecule has 2 aromatic heterocycles. The summed E-state index contributed by atoms with van der Waals surface area (Å²) in [4.78, 5) is 8.50. The second kappa shape index (κ2) is 5.88. The Morgan fingerprint density at radius 3 is 2.57 bits per heavy atom. The lowest BCUT2D eigenvalue weighted by molar-refractivity contribution is 0.411. The van der Waals surface area contributed by atoms with Crippen molar-refractivity contribution < 1.29 is 4.52 Å². The van der Waals surface area contributed by atoms with Gasteiger partial charge in [-0.3, -0.25) is 4.98 Å². The highest BCUT2D eigenvalue weighted by molar-refractivity contribution is 9.10. The largest absolute Gasteiger partial charge is 0.399 e. The number of aromatic nitrogens is 3. The fourth-order valence-electron chi connectivity index (χ4n) is 1.69. The van der Waals surface area contributed by atoms with Crippen molar-refractivity contribution in [2.45, 2.75) is 0 Å². The van der Waals surface area contributed by atoms with Crippen molar-refractivity contribution in [1.82, 2.24) is 15.1 Å². The average molecular weight is 343 g/mol. The molecule has 0 aliphatic carbocycles. The zero-order valence-corrected chi connectivity index (χ0v) is 12.5. The minimum Gasteiger partial charge on any atom is -0.399 e. The minimum absolute atomic E-state index is 0.423. The number of nitrogens with zero attached hydrogens (tertiary/aromatic N) is 3. The van der Waals surface area contributed by atoms with Gasteiger partial charge in [0.15, 0.2) is 0 Å². The zero-order valence-electron chi connectivity index (χ0n) is 10.9. The second-order valence-electron chi connectivity index (χ2n) is 4.32. The van der Waals surface area contributed by atoms with Gasteiger partial charge < -0.3 is 10.3 Å². The molecule has 0 fully saturated rings. The van der Waals surface area contributed by atoms with Gasteiger partial charge in [-0.1, -0.05) is 17.3 Å². The van der Waals surface area contributed by atoms with E-state index in [0.29, 0.717) is 17.4 Å². The summed E-state index contributed by atoms with van der Waals surface area (Å²) in [6.07, 6.45) is 5.32. The van der Waals surface area contributed by atoms with E-state index in [2.05, 4.69) is 31.1 Å². The molecule has 3 rings (SSSR count). The number of hydrogen-bond donors (Lipinski definition) is 1. The number of nitrogen functional groups attached to an aromatic ring is 1. The third kappa shape index (κ3) is 3.35. The first kappa shape index (κ1) is 13.5. The fraction of sp³-hybridized carbons (Fsp3) is 0. The lowest BCUT2D eigenvalue weighted by Gasteiger charge is -1.93. The number of benzene rings is 1. The Bertz CT molecular complexity index is 763. The molecule has 0 atom stereocenters. The van der Waals surface area contributed by atoms with Gasteiger partial charge in [0.25, 0.3) is 5.89 Å². The van der Waals surface area contributed by atoms with Gasteiger partial charge in [0.1, 0.15) is 5.69 Å². The third-order valence-corrected chi connectivity index (χ3v) is 3.22. The van der Waals surface area contributed by atoms with Gasteiger partial charge in [-0.15, -0.1) is 0 Å². The van der Waals surface area contributed by atoms with Crippen LogP contribution < -0.4 is 5.73 Å². The summed E-state index contributed by atoms with van der Waals surface area (Å²) in [5, 5.41) is 3.91. The van der Waals surface area contributed by atoms with Crippen molar-refractivity contribution in [1.29, 1.82) is 0 Å². The Kier molecular flexibility index (Phi) is 3.79. The lowest BCUT2D eigenvalue weighted by Crippen LogP contribution is -1.84. The summed E-state index contributed by atoms with van der Waals surface area (Å²) in [6.45, 7) is 0. The summed E-state index contributed by atoms with van der Waals surface area (Å²) in [6, 6.07) is 11.2. The van der Waals surface area contributed by atoms with E-state index in [-0.39, 0.29) is 0 Å². The van der Waals surface area contributed by atoms with Crippen LogP contribution >= 0.6 is 15.9 Å². The summed E-state index contributed by atoms with van der Waals surface area (Å²) >= 11 is 3.33. The molecule has 0 bridgehead atoms. The third-order valence-electron chi connectivity index (χ3n) is 2.75. The molecule has 5 nitrogen and oxygen atoms in total. The predicted octanol–water partition coefficient (Wildman–Crippen LogP) is 3.65. The Hall–Kier alpha value is -2.47. The number of hydrogen-bond acceptors (Lipinski definition) is 5. The Balaban J connectivity index is 1.78. The summed E-state index contributed by atoms with van der Waals surface area (Å²) in [7, 11) is 0. The van der Waals surface area contributed by atoms with Crippen molar-refractivity contribution in [2.24, 2.45) is 0 Å². The van der Waals surface area contributed by atoms with Crippen molar-refractivity contribution in [3.63, 3.8) is 0 Å². The molecular weight excluding hydrogens is 332 g/mol. The highest BCUT2D eigenvalue weighted by atomic mass is 79.9. The van der Waals surface area contributed by atoms with Crippen LogP contribution in [-0.4, -0.2) is 15.1 Å². The van der Waals surface area contributed by atoms with E-state index in [1.54, 1.807) is 12.3 Å². The monoisotopic (exact) mass is 342 g/mol. The number of rotatable bonds is 3. The fourth-order valence-corrected chi connectivity index (χ4v) is 1.92. The van der Waals surface area contributed by atoms with E-state index in [4.69, 9.17) is 10.3 Å². The van der Waals surface area contributed by atoms with Gasteiger partial charge in [-0.2, -0.15) is 4.98 Å². The molecule has 0 aliphatic heterocycles. The molecule has 0 saturated carbocycles. The minimum atomic E-state index is 0.423. The zero-order chi connectivity index (χ0) is 14.7. The maximum absolute atomic E-state index is 5.64. The van der Waals surface area contributed by atoms with Crippen molar-refractivity contribution >= 4 is 33.8 Å². The topological polar surface area (TPSA) is 77.8 Å².